The number of amides is 1. The first-order valence-electron chi connectivity index (χ1n) is 8.34. The third-order valence-corrected chi connectivity index (χ3v) is 4.57. The van der Waals surface area contributed by atoms with Gasteiger partial charge in [0, 0.05) is 5.69 Å². The zero-order chi connectivity index (χ0) is 19.2. The van der Waals surface area contributed by atoms with Crippen molar-refractivity contribution in [2.24, 2.45) is 5.10 Å². The third kappa shape index (κ3) is 4.04. The van der Waals surface area contributed by atoms with Crippen LogP contribution in [0.25, 0.3) is 17.3 Å². The highest BCUT2D eigenvalue weighted by molar-refractivity contribution is 7.99. The lowest BCUT2D eigenvalue weighted by molar-refractivity contribution is -0.118. The molecular weight excluding hydrogens is 378 g/mol. The number of thioether (sulfide) groups is 1. The molecule has 0 aliphatic carbocycles. The van der Waals surface area contributed by atoms with E-state index < -0.39 is 0 Å². The molecule has 3 heterocycles. The monoisotopic (exact) mass is 393 g/mol. The fourth-order valence-corrected chi connectivity index (χ4v) is 3.18. The number of carbonyl (C=O) groups is 1. The molecule has 1 amide bonds. The van der Waals surface area contributed by atoms with Gasteiger partial charge in [-0.15, -0.1) is 10.2 Å². The summed E-state index contributed by atoms with van der Waals surface area (Å²) in [6, 6.07) is 16.7. The van der Waals surface area contributed by atoms with Gasteiger partial charge in [-0.1, -0.05) is 30.0 Å². The zero-order valence-corrected chi connectivity index (χ0v) is 15.4. The van der Waals surface area contributed by atoms with Crippen molar-refractivity contribution in [1.82, 2.24) is 20.2 Å². The van der Waals surface area contributed by atoms with Gasteiger partial charge in [-0.25, -0.2) is 5.43 Å². The molecule has 9 heteroatoms. The molecule has 0 saturated carbocycles. The zero-order valence-electron chi connectivity index (χ0n) is 14.6. The van der Waals surface area contributed by atoms with Crippen LogP contribution in [0, 0.1) is 0 Å². The quantitative estimate of drug-likeness (QED) is 0.294. The number of carbonyl (C=O) groups excluding carboxylic acids is 1. The van der Waals surface area contributed by atoms with Gasteiger partial charge < -0.3 is 8.83 Å². The Morgan fingerprint density at radius 2 is 1.89 bits per heavy atom. The Balaban J connectivity index is 1.49. The number of hydrazone groups is 1. The van der Waals surface area contributed by atoms with E-state index in [1.54, 1.807) is 24.5 Å². The van der Waals surface area contributed by atoms with Crippen molar-refractivity contribution in [2.75, 3.05) is 5.75 Å². The standard InChI is InChI=1S/C19H15N5O3S/c25-17(21-20-12-15-8-4-10-26-15)13-28-19-23-22-18(16-9-5-11-27-16)24(19)14-6-2-1-3-7-14/h1-12H,13H2,(H,21,25). The molecule has 140 valence electrons. The molecule has 4 rings (SSSR count). The fourth-order valence-electron chi connectivity index (χ4n) is 2.43. The lowest BCUT2D eigenvalue weighted by Crippen LogP contribution is -2.19. The number of nitrogens with one attached hydrogen (secondary N) is 1. The Hall–Kier alpha value is -3.59. The summed E-state index contributed by atoms with van der Waals surface area (Å²) in [5.74, 6) is 1.57. The summed E-state index contributed by atoms with van der Waals surface area (Å²) in [5, 5.41) is 12.9. The SMILES string of the molecule is O=C(CSc1nnc(-c2ccco2)n1-c1ccccc1)NN=Cc1ccco1. The molecular formula is C19H15N5O3S. The summed E-state index contributed by atoms with van der Waals surface area (Å²) in [7, 11) is 0. The van der Waals surface area contributed by atoms with Crippen LogP contribution in [0.2, 0.25) is 0 Å². The van der Waals surface area contributed by atoms with Crippen LogP contribution in [0.15, 0.2) is 86.2 Å². The van der Waals surface area contributed by atoms with Crippen molar-refractivity contribution in [3.63, 3.8) is 0 Å². The van der Waals surface area contributed by atoms with Gasteiger partial charge in [0.2, 0.25) is 5.82 Å². The Morgan fingerprint density at radius 1 is 1.07 bits per heavy atom. The second-order valence-electron chi connectivity index (χ2n) is 5.55. The molecule has 0 saturated heterocycles. The van der Waals surface area contributed by atoms with Crippen molar-refractivity contribution in [3.8, 4) is 17.3 Å². The topological polar surface area (TPSA) is 98.5 Å². The third-order valence-electron chi connectivity index (χ3n) is 3.65. The van der Waals surface area contributed by atoms with E-state index in [-0.39, 0.29) is 11.7 Å². The van der Waals surface area contributed by atoms with E-state index in [0.717, 1.165) is 5.69 Å². The van der Waals surface area contributed by atoms with Crippen molar-refractivity contribution < 1.29 is 13.6 Å². The normalized spacial score (nSPS) is 11.1. The molecule has 1 N–H and O–H groups in total. The van der Waals surface area contributed by atoms with E-state index in [1.165, 1.54) is 24.2 Å². The summed E-state index contributed by atoms with van der Waals surface area (Å²) in [5.41, 5.74) is 3.33. The van der Waals surface area contributed by atoms with Crippen LogP contribution in [0.4, 0.5) is 0 Å². The summed E-state index contributed by atoms with van der Waals surface area (Å²) in [4.78, 5) is 12.1. The fraction of sp³-hybridized carbons (Fsp3) is 0.0526. The first-order valence-corrected chi connectivity index (χ1v) is 9.33. The maximum atomic E-state index is 12.1. The predicted octanol–water partition coefficient (Wildman–Crippen LogP) is 3.36. The van der Waals surface area contributed by atoms with Crippen LogP contribution in [0.3, 0.4) is 0 Å². The van der Waals surface area contributed by atoms with Crippen LogP contribution in [0.5, 0.6) is 0 Å². The molecule has 0 fully saturated rings. The van der Waals surface area contributed by atoms with Crippen molar-refractivity contribution in [3.05, 3.63) is 72.9 Å². The minimum Gasteiger partial charge on any atom is -0.463 e. The average Bonchev–Trinajstić information content (AvgIpc) is 3.48. The highest BCUT2D eigenvalue weighted by Crippen LogP contribution is 2.27. The minimum absolute atomic E-state index is 0.124. The number of aromatic nitrogens is 3. The van der Waals surface area contributed by atoms with Crippen molar-refractivity contribution in [2.45, 2.75) is 5.16 Å². The summed E-state index contributed by atoms with van der Waals surface area (Å²) in [6.45, 7) is 0. The van der Waals surface area contributed by atoms with Gasteiger partial charge in [0.05, 0.1) is 24.5 Å². The molecule has 1 aromatic carbocycles. The second kappa shape index (κ2) is 8.40. The molecule has 0 spiro atoms. The number of para-hydroxylation sites is 1. The summed E-state index contributed by atoms with van der Waals surface area (Å²) < 4.78 is 12.4. The number of nitrogens with zero attached hydrogens (tertiary/aromatic N) is 4. The minimum atomic E-state index is -0.269. The molecule has 0 atom stereocenters. The molecule has 4 aromatic rings. The summed E-state index contributed by atoms with van der Waals surface area (Å²) >= 11 is 1.25. The van der Waals surface area contributed by atoms with Gasteiger partial charge in [-0.05, 0) is 36.4 Å². The van der Waals surface area contributed by atoms with E-state index in [4.69, 9.17) is 8.83 Å². The smallest absolute Gasteiger partial charge is 0.250 e. The predicted molar refractivity (Wildman–Crippen MR) is 104 cm³/mol. The molecule has 0 radical (unpaired) electrons. The lowest BCUT2D eigenvalue weighted by Gasteiger charge is -2.08. The molecule has 8 nitrogen and oxygen atoms in total. The van der Waals surface area contributed by atoms with Gasteiger partial charge in [0.15, 0.2) is 10.9 Å². The maximum Gasteiger partial charge on any atom is 0.250 e. The van der Waals surface area contributed by atoms with Gasteiger partial charge in [0.25, 0.3) is 5.91 Å². The average molecular weight is 393 g/mol. The Kier molecular flexibility index (Phi) is 5.34. The molecule has 0 aliphatic heterocycles. The molecule has 3 aromatic heterocycles. The molecule has 28 heavy (non-hydrogen) atoms. The van der Waals surface area contributed by atoms with E-state index in [2.05, 4.69) is 20.7 Å². The van der Waals surface area contributed by atoms with Crippen LogP contribution in [-0.4, -0.2) is 32.6 Å². The Morgan fingerprint density at radius 3 is 2.64 bits per heavy atom. The van der Waals surface area contributed by atoms with Gasteiger partial charge >= 0.3 is 0 Å². The van der Waals surface area contributed by atoms with Crippen LogP contribution in [0.1, 0.15) is 5.76 Å². The van der Waals surface area contributed by atoms with Crippen molar-refractivity contribution in [1.29, 1.82) is 0 Å². The maximum absolute atomic E-state index is 12.1. The highest BCUT2D eigenvalue weighted by atomic mass is 32.2. The van der Waals surface area contributed by atoms with Crippen LogP contribution in [-0.2, 0) is 4.79 Å². The summed E-state index contributed by atoms with van der Waals surface area (Å²) in [6.07, 6.45) is 4.55. The Bertz CT molecular complexity index is 1060. The van der Waals surface area contributed by atoms with Gasteiger partial charge in [-0.2, -0.15) is 5.10 Å². The van der Waals surface area contributed by atoms with E-state index in [1.807, 2.05) is 41.0 Å². The van der Waals surface area contributed by atoms with Crippen LogP contribution >= 0.6 is 11.8 Å². The molecule has 0 unspecified atom stereocenters. The van der Waals surface area contributed by atoms with E-state index in [0.29, 0.717) is 22.5 Å². The second-order valence-corrected chi connectivity index (χ2v) is 6.49. The van der Waals surface area contributed by atoms with Crippen LogP contribution < -0.4 is 5.43 Å². The van der Waals surface area contributed by atoms with Gasteiger partial charge in [0.1, 0.15) is 5.76 Å². The molecule has 0 aliphatic rings. The van der Waals surface area contributed by atoms with Crippen molar-refractivity contribution >= 4 is 23.9 Å². The van der Waals surface area contributed by atoms with Gasteiger partial charge in [-0.3, -0.25) is 9.36 Å². The largest absolute Gasteiger partial charge is 0.463 e. The number of benzene rings is 1. The number of furan rings is 2. The number of hydrogen-bond donors (Lipinski definition) is 1. The molecule has 0 bridgehead atoms. The first-order chi connectivity index (χ1) is 13.8. The number of rotatable bonds is 7. The first kappa shape index (κ1) is 17.8. The van der Waals surface area contributed by atoms with E-state index >= 15 is 0 Å². The highest BCUT2D eigenvalue weighted by Gasteiger charge is 2.18. The van der Waals surface area contributed by atoms with E-state index in [9.17, 15) is 4.79 Å². The Labute approximate surface area is 164 Å². The lowest BCUT2D eigenvalue weighted by atomic mass is 10.3. The number of hydrogen-bond acceptors (Lipinski definition) is 7.